The van der Waals surface area contributed by atoms with Crippen LogP contribution in [0.5, 0.6) is 0 Å². The van der Waals surface area contributed by atoms with Crippen LogP contribution in [0.15, 0.2) is 18.2 Å². The van der Waals surface area contributed by atoms with E-state index in [9.17, 15) is 9.59 Å². The predicted molar refractivity (Wildman–Crippen MR) is 76.2 cm³/mol. The Balaban J connectivity index is 2.22. The number of aromatic amines is 1. The molecule has 0 unspecified atom stereocenters. The number of carbonyl (C=O) groups is 2. The number of carbonyl (C=O) groups excluding carboxylic acids is 2. The number of aromatic nitrogens is 3. The van der Waals surface area contributed by atoms with Crippen LogP contribution in [-0.2, 0) is 11.2 Å². The van der Waals surface area contributed by atoms with Crippen molar-refractivity contribution in [1.29, 1.82) is 0 Å². The number of methoxy groups -OCH3 is 1. The van der Waals surface area contributed by atoms with Crippen LogP contribution < -0.4 is 5.32 Å². The zero-order chi connectivity index (χ0) is 15.4. The van der Waals surface area contributed by atoms with Crippen molar-refractivity contribution < 1.29 is 14.3 Å². The van der Waals surface area contributed by atoms with Gasteiger partial charge in [0, 0.05) is 12.1 Å². The lowest BCUT2D eigenvalue weighted by Gasteiger charge is -2.08. The normalized spacial score (nSPS) is 10.2. The first-order chi connectivity index (χ1) is 10.0. The molecule has 0 saturated heterocycles. The van der Waals surface area contributed by atoms with Crippen LogP contribution in [0.25, 0.3) is 0 Å². The number of anilines is 1. The van der Waals surface area contributed by atoms with Crippen LogP contribution in [0.1, 0.15) is 39.3 Å². The quantitative estimate of drug-likeness (QED) is 0.835. The van der Waals surface area contributed by atoms with Crippen LogP contribution in [0.3, 0.4) is 0 Å². The van der Waals surface area contributed by atoms with Crippen molar-refractivity contribution in [3.8, 4) is 0 Å². The molecule has 2 N–H and O–H groups in total. The molecule has 2 rings (SSSR count). The first-order valence-corrected chi connectivity index (χ1v) is 6.46. The van der Waals surface area contributed by atoms with Crippen molar-refractivity contribution in [1.82, 2.24) is 15.2 Å². The molecule has 21 heavy (non-hydrogen) atoms. The topological polar surface area (TPSA) is 97.0 Å². The van der Waals surface area contributed by atoms with Gasteiger partial charge in [0.05, 0.1) is 12.7 Å². The average Bonchev–Trinajstić information content (AvgIpc) is 2.97. The molecular weight excluding hydrogens is 272 g/mol. The van der Waals surface area contributed by atoms with Gasteiger partial charge < -0.3 is 10.1 Å². The van der Waals surface area contributed by atoms with Crippen LogP contribution >= 0.6 is 0 Å². The third-order valence-electron chi connectivity index (χ3n) is 2.98. The molecule has 1 heterocycles. The van der Waals surface area contributed by atoms with Crippen molar-refractivity contribution in [2.75, 3.05) is 12.4 Å². The Morgan fingerprint density at radius 3 is 2.76 bits per heavy atom. The monoisotopic (exact) mass is 288 g/mol. The van der Waals surface area contributed by atoms with E-state index in [4.69, 9.17) is 0 Å². The van der Waals surface area contributed by atoms with Crippen LogP contribution in [0.4, 0.5) is 5.69 Å². The number of hydrogen-bond acceptors (Lipinski definition) is 5. The smallest absolute Gasteiger partial charge is 0.337 e. The second-order valence-electron chi connectivity index (χ2n) is 4.43. The van der Waals surface area contributed by atoms with Crippen molar-refractivity contribution in [2.24, 2.45) is 0 Å². The fourth-order valence-electron chi connectivity index (χ4n) is 1.73. The van der Waals surface area contributed by atoms with Crippen molar-refractivity contribution in [3.05, 3.63) is 41.0 Å². The lowest BCUT2D eigenvalue weighted by atomic mass is 10.1. The SMILES string of the molecule is CCc1nc(C(=O)Nc2cc(C(=O)OC)ccc2C)n[nH]1. The molecule has 0 spiro atoms. The molecule has 0 saturated carbocycles. The van der Waals surface area contributed by atoms with Gasteiger partial charge in [-0.05, 0) is 24.6 Å². The van der Waals surface area contributed by atoms with E-state index in [-0.39, 0.29) is 5.82 Å². The van der Waals surface area contributed by atoms with Crippen molar-refractivity contribution >= 4 is 17.6 Å². The van der Waals surface area contributed by atoms with E-state index in [1.807, 2.05) is 13.8 Å². The number of esters is 1. The van der Waals surface area contributed by atoms with E-state index in [0.29, 0.717) is 23.5 Å². The van der Waals surface area contributed by atoms with Gasteiger partial charge in [-0.3, -0.25) is 9.89 Å². The number of ether oxygens (including phenoxy) is 1. The number of hydrogen-bond donors (Lipinski definition) is 2. The van der Waals surface area contributed by atoms with E-state index >= 15 is 0 Å². The molecule has 0 atom stereocenters. The number of amides is 1. The Morgan fingerprint density at radius 1 is 1.38 bits per heavy atom. The second-order valence-corrected chi connectivity index (χ2v) is 4.43. The summed E-state index contributed by atoms with van der Waals surface area (Å²) < 4.78 is 4.66. The molecule has 0 aliphatic rings. The Hall–Kier alpha value is -2.70. The van der Waals surface area contributed by atoms with Gasteiger partial charge in [0.15, 0.2) is 0 Å². The van der Waals surface area contributed by atoms with Gasteiger partial charge in [0.25, 0.3) is 5.91 Å². The summed E-state index contributed by atoms with van der Waals surface area (Å²) in [6.45, 7) is 3.73. The molecule has 0 radical (unpaired) electrons. The molecule has 7 nitrogen and oxygen atoms in total. The lowest BCUT2D eigenvalue weighted by Crippen LogP contribution is -2.15. The number of benzene rings is 1. The molecule has 110 valence electrons. The van der Waals surface area contributed by atoms with E-state index < -0.39 is 11.9 Å². The Labute approximate surface area is 121 Å². The minimum absolute atomic E-state index is 0.0646. The Morgan fingerprint density at radius 2 is 2.14 bits per heavy atom. The summed E-state index contributed by atoms with van der Waals surface area (Å²) in [4.78, 5) is 27.6. The maximum Gasteiger partial charge on any atom is 0.337 e. The molecule has 0 aliphatic heterocycles. The third-order valence-corrected chi connectivity index (χ3v) is 2.98. The minimum Gasteiger partial charge on any atom is -0.465 e. The number of nitrogens with zero attached hydrogens (tertiary/aromatic N) is 2. The highest BCUT2D eigenvalue weighted by molar-refractivity contribution is 6.02. The Bertz CT molecular complexity index is 679. The van der Waals surface area contributed by atoms with E-state index in [0.717, 1.165) is 5.56 Å². The first kappa shape index (κ1) is 14.7. The predicted octanol–water partition coefficient (Wildman–Crippen LogP) is 1.71. The molecular formula is C14H16N4O3. The van der Waals surface area contributed by atoms with Gasteiger partial charge in [-0.1, -0.05) is 13.0 Å². The van der Waals surface area contributed by atoms with E-state index in [2.05, 4.69) is 25.2 Å². The third kappa shape index (κ3) is 3.25. The molecule has 1 aromatic heterocycles. The fourth-order valence-corrected chi connectivity index (χ4v) is 1.73. The van der Waals surface area contributed by atoms with Gasteiger partial charge in [-0.15, -0.1) is 5.10 Å². The highest BCUT2D eigenvalue weighted by Crippen LogP contribution is 2.18. The zero-order valence-corrected chi connectivity index (χ0v) is 12.1. The molecule has 0 fully saturated rings. The summed E-state index contributed by atoms with van der Waals surface area (Å²) >= 11 is 0. The summed E-state index contributed by atoms with van der Waals surface area (Å²) in [7, 11) is 1.31. The van der Waals surface area contributed by atoms with Gasteiger partial charge in [0.1, 0.15) is 5.82 Å². The molecule has 1 amide bonds. The maximum absolute atomic E-state index is 12.1. The Kier molecular flexibility index (Phi) is 4.32. The second kappa shape index (κ2) is 6.17. The van der Waals surface area contributed by atoms with E-state index in [1.54, 1.807) is 18.2 Å². The average molecular weight is 288 g/mol. The standard InChI is InChI=1S/C14H16N4O3/c1-4-11-16-12(18-17-11)13(19)15-10-7-9(14(20)21-3)6-5-8(10)2/h5-7H,4H2,1-3H3,(H,15,19)(H,16,17,18). The summed E-state index contributed by atoms with van der Waals surface area (Å²) in [5.74, 6) is -0.192. The molecule has 1 aromatic carbocycles. The van der Waals surface area contributed by atoms with Crippen LogP contribution in [0.2, 0.25) is 0 Å². The summed E-state index contributed by atoms with van der Waals surface area (Å²) in [5, 5.41) is 9.22. The molecule has 0 bridgehead atoms. The van der Waals surface area contributed by atoms with Crippen molar-refractivity contribution in [3.63, 3.8) is 0 Å². The largest absolute Gasteiger partial charge is 0.465 e. The number of H-pyrrole nitrogens is 1. The van der Waals surface area contributed by atoms with E-state index in [1.165, 1.54) is 7.11 Å². The number of aryl methyl sites for hydroxylation is 2. The molecule has 7 heteroatoms. The van der Waals surface area contributed by atoms with Crippen LogP contribution in [-0.4, -0.2) is 34.2 Å². The highest BCUT2D eigenvalue weighted by Gasteiger charge is 2.15. The highest BCUT2D eigenvalue weighted by atomic mass is 16.5. The number of nitrogens with one attached hydrogen (secondary N) is 2. The maximum atomic E-state index is 12.1. The van der Waals surface area contributed by atoms with Crippen molar-refractivity contribution in [2.45, 2.75) is 20.3 Å². The fraction of sp³-hybridized carbons (Fsp3) is 0.286. The summed E-state index contributed by atoms with van der Waals surface area (Å²) in [5.41, 5.74) is 1.70. The van der Waals surface area contributed by atoms with Crippen LogP contribution in [0, 0.1) is 6.92 Å². The molecule has 2 aromatic rings. The molecule has 0 aliphatic carbocycles. The first-order valence-electron chi connectivity index (χ1n) is 6.46. The van der Waals surface area contributed by atoms with Gasteiger partial charge in [-0.25, -0.2) is 9.78 Å². The number of rotatable bonds is 4. The lowest BCUT2D eigenvalue weighted by molar-refractivity contribution is 0.0600. The summed E-state index contributed by atoms with van der Waals surface area (Å²) in [6.07, 6.45) is 0.664. The van der Waals surface area contributed by atoms with Gasteiger partial charge >= 0.3 is 5.97 Å². The zero-order valence-electron chi connectivity index (χ0n) is 12.1. The van der Waals surface area contributed by atoms with Gasteiger partial charge in [-0.2, -0.15) is 0 Å². The van der Waals surface area contributed by atoms with Gasteiger partial charge in [0.2, 0.25) is 5.82 Å². The minimum atomic E-state index is -0.461. The summed E-state index contributed by atoms with van der Waals surface area (Å²) in [6, 6.07) is 4.93.